The number of urea groups is 1. The number of H-pyrrole nitrogens is 2. The minimum atomic E-state index is -0.225. The van der Waals surface area contributed by atoms with Gasteiger partial charge in [-0.25, -0.2) is 14.8 Å². The van der Waals surface area contributed by atoms with Crippen LogP contribution in [0.2, 0.25) is 0 Å². The number of hydrogen-bond donors (Lipinski definition) is 4. The molecule has 4 N–H and O–H groups in total. The van der Waals surface area contributed by atoms with E-state index in [1.165, 1.54) is 0 Å². The highest BCUT2D eigenvalue weighted by molar-refractivity contribution is 5.93. The quantitative estimate of drug-likeness (QED) is 0.430. The highest BCUT2D eigenvalue weighted by Gasteiger charge is 2.15. The van der Waals surface area contributed by atoms with Crippen LogP contribution in [-0.4, -0.2) is 32.5 Å². The van der Waals surface area contributed by atoms with Gasteiger partial charge in [-0.3, -0.25) is 0 Å². The predicted octanol–water partition coefficient (Wildman–Crippen LogP) is 4.15. The molecule has 0 aliphatic carbocycles. The number of anilines is 1. The van der Waals surface area contributed by atoms with E-state index in [0.717, 1.165) is 34.7 Å². The minimum absolute atomic E-state index is 0.225. The van der Waals surface area contributed by atoms with Gasteiger partial charge in [0, 0.05) is 24.6 Å². The van der Waals surface area contributed by atoms with Crippen molar-refractivity contribution in [2.75, 3.05) is 11.9 Å². The Morgan fingerprint density at radius 2 is 1.63 bits per heavy atom. The zero-order valence-electron chi connectivity index (χ0n) is 14.9. The second kappa shape index (κ2) is 7.33. The number of aromatic amines is 2. The summed E-state index contributed by atoms with van der Waals surface area (Å²) in [5.41, 5.74) is 5.45. The van der Waals surface area contributed by atoms with Gasteiger partial charge in [0.05, 0.1) is 22.4 Å². The molecule has 0 saturated carbocycles. The third-order valence-electron chi connectivity index (χ3n) is 4.16. The minimum Gasteiger partial charge on any atom is -0.360 e. The summed E-state index contributed by atoms with van der Waals surface area (Å²) >= 11 is 0. The number of amides is 2. The SMILES string of the molecule is CCCNC(=O)Nc1ccc2nc(-c3ccc[nH]3)c(-c3ccc[nH]3)nc2c1. The first-order chi connectivity index (χ1) is 13.2. The molecule has 7 heteroatoms. The number of carbonyl (C=O) groups is 1. The average molecular weight is 360 g/mol. The highest BCUT2D eigenvalue weighted by atomic mass is 16.2. The Bertz CT molecular complexity index is 1050. The van der Waals surface area contributed by atoms with Crippen LogP contribution in [0.15, 0.2) is 54.9 Å². The molecule has 0 unspecified atom stereocenters. The van der Waals surface area contributed by atoms with Gasteiger partial charge in [-0.2, -0.15) is 0 Å². The summed E-state index contributed by atoms with van der Waals surface area (Å²) in [7, 11) is 0. The molecule has 1 aromatic carbocycles. The smallest absolute Gasteiger partial charge is 0.319 e. The van der Waals surface area contributed by atoms with Crippen molar-refractivity contribution < 1.29 is 4.79 Å². The van der Waals surface area contributed by atoms with Gasteiger partial charge in [0.1, 0.15) is 11.4 Å². The Labute approximate surface area is 156 Å². The van der Waals surface area contributed by atoms with E-state index < -0.39 is 0 Å². The molecule has 0 saturated heterocycles. The number of aromatic nitrogens is 4. The summed E-state index contributed by atoms with van der Waals surface area (Å²) in [5, 5.41) is 5.63. The Balaban J connectivity index is 1.76. The summed E-state index contributed by atoms with van der Waals surface area (Å²) in [6.45, 7) is 2.64. The topological polar surface area (TPSA) is 98.5 Å². The molecule has 0 atom stereocenters. The maximum atomic E-state index is 11.9. The molecule has 4 aromatic rings. The second-order valence-electron chi connectivity index (χ2n) is 6.17. The fourth-order valence-electron chi connectivity index (χ4n) is 2.88. The summed E-state index contributed by atoms with van der Waals surface area (Å²) in [5.74, 6) is 0. The van der Waals surface area contributed by atoms with Crippen molar-refractivity contribution in [1.82, 2.24) is 25.3 Å². The Hall–Kier alpha value is -3.61. The molecule has 4 rings (SSSR count). The molecule has 27 heavy (non-hydrogen) atoms. The van der Waals surface area contributed by atoms with Crippen LogP contribution in [0.1, 0.15) is 13.3 Å². The van der Waals surface area contributed by atoms with E-state index in [2.05, 4.69) is 20.6 Å². The van der Waals surface area contributed by atoms with Crippen LogP contribution in [-0.2, 0) is 0 Å². The van der Waals surface area contributed by atoms with E-state index in [4.69, 9.17) is 9.97 Å². The van der Waals surface area contributed by atoms with E-state index in [1.807, 2.05) is 61.8 Å². The molecule has 0 fully saturated rings. The number of hydrogen-bond acceptors (Lipinski definition) is 3. The van der Waals surface area contributed by atoms with Crippen molar-refractivity contribution in [2.45, 2.75) is 13.3 Å². The van der Waals surface area contributed by atoms with E-state index >= 15 is 0 Å². The number of rotatable bonds is 5. The van der Waals surface area contributed by atoms with Crippen LogP contribution < -0.4 is 10.6 Å². The van der Waals surface area contributed by atoms with Crippen LogP contribution in [0, 0.1) is 0 Å². The zero-order valence-corrected chi connectivity index (χ0v) is 14.9. The van der Waals surface area contributed by atoms with Gasteiger partial charge in [0.2, 0.25) is 0 Å². The van der Waals surface area contributed by atoms with Crippen molar-refractivity contribution in [3.8, 4) is 22.8 Å². The number of fused-ring (bicyclic) bond motifs is 1. The molecule has 7 nitrogen and oxygen atoms in total. The number of carbonyl (C=O) groups excluding carboxylic acids is 1. The molecular formula is C20H20N6O. The van der Waals surface area contributed by atoms with Crippen molar-refractivity contribution in [3.05, 3.63) is 54.9 Å². The van der Waals surface area contributed by atoms with Crippen LogP contribution >= 0.6 is 0 Å². The van der Waals surface area contributed by atoms with Gasteiger partial charge in [-0.15, -0.1) is 0 Å². The molecule has 0 radical (unpaired) electrons. The first-order valence-corrected chi connectivity index (χ1v) is 8.89. The third-order valence-corrected chi connectivity index (χ3v) is 4.16. The van der Waals surface area contributed by atoms with Crippen molar-refractivity contribution in [3.63, 3.8) is 0 Å². The van der Waals surface area contributed by atoms with Crippen LogP contribution in [0.3, 0.4) is 0 Å². The first-order valence-electron chi connectivity index (χ1n) is 8.89. The van der Waals surface area contributed by atoms with Gasteiger partial charge < -0.3 is 20.6 Å². The third kappa shape index (κ3) is 3.52. The maximum absolute atomic E-state index is 11.9. The Morgan fingerprint density at radius 1 is 0.963 bits per heavy atom. The lowest BCUT2D eigenvalue weighted by atomic mass is 10.1. The molecule has 0 aliphatic heterocycles. The fourth-order valence-corrected chi connectivity index (χ4v) is 2.88. The number of benzene rings is 1. The van der Waals surface area contributed by atoms with Gasteiger partial charge in [0.25, 0.3) is 0 Å². The largest absolute Gasteiger partial charge is 0.360 e. The normalized spacial score (nSPS) is 10.9. The monoisotopic (exact) mass is 360 g/mol. The van der Waals surface area contributed by atoms with Crippen LogP contribution in [0.25, 0.3) is 33.8 Å². The Kier molecular flexibility index (Phi) is 4.57. The van der Waals surface area contributed by atoms with E-state index in [-0.39, 0.29) is 6.03 Å². The standard InChI is InChI=1S/C20H20N6O/c1-2-9-23-20(27)24-13-7-8-14-17(12-13)26-19(16-6-4-11-22-16)18(25-14)15-5-3-10-21-15/h3-8,10-12,21-22H,2,9H2,1H3,(H2,23,24,27). The molecule has 0 aliphatic rings. The molecule has 136 valence electrons. The van der Waals surface area contributed by atoms with Gasteiger partial charge in [-0.1, -0.05) is 6.92 Å². The van der Waals surface area contributed by atoms with E-state index in [9.17, 15) is 4.79 Å². The maximum Gasteiger partial charge on any atom is 0.319 e. The predicted molar refractivity (Wildman–Crippen MR) is 106 cm³/mol. The molecule has 3 heterocycles. The Morgan fingerprint density at radius 3 is 2.22 bits per heavy atom. The summed E-state index contributed by atoms with van der Waals surface area (Å²) in [6.07, 6.45) is 4.61. The molecular weight excluding hydrogens is 340 g/mol. The number of nitrogens with zero attached hydrogens (tertiary/aromatic N) is 2. The lowest BCUT2D eigenvalue weighted by molar-refractivity contribution is 0.252. The fraction of sp³-hybridized carbons (Fsp3) is 0.150. The summed E-state index contributed by atoms with van der Waals surface area (Å²) < 4.78 is 0. The first kappa shape index (κ1) is 16.8. The van der Waals surface area contributed by atoms with Crippen LogP contribution in [0.4, 0.5) is 10.5 Å². The molecule has 3 aromatic heterocycles. The molecule has 0 bridgehead atoms. The summed E-state index contributed by atoms with van der Waals surface area (Å²) in [6, 6.07) is 13.1. The average Bonchev–Trinajstić information content (AvgIpc) is 3.39. The second-order valence-corrected chi connectivity index (χ2v) is 6.17. The van der Waals surface area contributed by atoms with E-state index in [0.29, 0.717) is 17.7 Å². The molecule has 2 amide bonds. The highest BCUT2D eigenvalue weighted by Crippen LogP contribution is 2.29. The van der Waals surface area contributed by atoms with Gasteiger partial charge in [0.15, 0.2) is 0 Å². The van der Waals surface area contributed by atoms with Crippen molar-refractivity contribution in [2.24, 2.45) is 0 Å². The van der Waals surface area contributed by atoms with Crippen molar-refractivity contribution in [1.29, 1.82) is 0 Å². The van der Waals surface area contributed by atoms with E-state index in [1.54, 1.807) is 0 Å². The van der Waals surface area contributed by atoms with Crippen molar-refractivity contribution >= 4 is 22.8 Å². The molecule has 0 spiro atoms. The van der Waals surface area contributed by atoms with Gasteiger partial charge in [-0.05, 0) is 48.9 Å². The zero-order chi connectivity index (χ0) is 18.6. The lowest BCUT2D eigenvalue weighted by Gasteiger charge is -2.10. The number of nitrogens with one attached hydrogen (secondary N) is 4. The van der Waals surface area contributed by atoms with Crippen LogP contribution in [0.5, 0.6) is 0 Å². The summed E-state index contributed by atoms with van der Waals surface area (Å²) in [4.78, 5) is 27.9. The lowest BCUT2D eigenvalue weighted by Crippen LogP contribution is -2.29. The van der Waals surface area contributed by atoms with Gasteiger partial charge >= 0.3 is 6.03 Å².